The van der Waals surface area contributed by atoms with Crippen LogP contribution in [0.2, 0.25) is 0 Å². The van der Waals surface area contributed by atoms with Gasteiger partial charge in [0, 0.05) is 17.2 Å². The van der Waals surface area contributed by atoms with Crippen LogP contribution in [-0.4, -0.2) is 16.1 Å². The summed E-state index contributed by atoms with van der Waals surface area (Å²) in [4.78, 5) is 12.2. The van der Waals surface area contributed by atoms with E-state index in [1.807, 2.05) is 6.07 Å². The van der Waals surface area contributed by atoms with Gasteiger partial charge in [-0.1, -0.05) is 29.5 Å². The molecule has 4 aromatic rings. The van der Waals surface area contributed by atoms with Crippen LogP contribution in [0.3, 0.4) is 0 Å². The number of allylic oxidation sites excluding steroid dienone is 1. The summed E-state index contributed by atoms with van der Waals surface area (Å²) in [6.45, 7) is 0. The Balaban J connectivity index is 1.52. The predicted octanol–water partition coefficient (Wildman–Crippen LogP) is 5.25. The molecular weight excluding hydrogens is 403 g/mol. The summed E-state index contributed by atoms with van der Waals surface area (Å²) in [6.07, 6.45) is 1.54. The molecule has 0 radical (unpaired) electrons. The second-order valence-electron chi connectivity index (χ2n) is 6.11. The molecule has 2 aromatic carbocycles. The Morgan fingerprint density at radius 2 is 1.83 bits per heavy atom. The standard InChI is InChI=1S/C22H13FN4O2S/c23-17-8-6-14(7-9-17)19-11-10-18(29-19)12-16(13-24)21-26-27-22(30-21)25-20(28)15-4-2-1-3-5-15/h1-12H,(H,25,27,28)/b16-12-. The van der Waals surface area contributed by atoms with Crippen LogP contribution in [0.25, 0.3) is 23.0 Å². The lowest BCUT2D eigenvalue weighted by atomic mass is 10.2. The number of halogens is 1. The van der Waals surface area contributed by atoms with Gasteiger partial charge in [0.25, 0.3) is 5.91 Å². The van der Waals surface area contributed by atoms with E-state index in [1.54, 1.807) is 48.5 Å². The van der Waals surface area contributed by atoms with Crippen LogP contribution in [0.4, 0.5) is 9.52 Å². The highest BCUT2D eigenvalue weighted by Crippen LogP contribution is 2.27. The minimum Gasteiger partial charge on any atom is -0.457 e. The summed E-state index contributed by atoms with van der Waals surface area (Å²) in [5, 5.41) is 20.7. The molecule has 0 bridgehead atoms. The highest BCUT2D eigenvalue weighted by atomic mass is 32.1. The number of aromatic nitrogens is 2. The fraction of sp³-hybridized carbons (Fsp3) is 0. The van der Waals surface area contributed by atoms with Gasteiger partial charge in [-0.2, -0.15) is 5.26 Å². The third kappa shape index (κ3) is 4.32. The van der Waals surface area contributed by atoms with Gasteiger partial charge in [-0.05, 0) is 48.5 Å². The molecule has 8 heteroatoms. The van der Waals surface area contributed by atoms with Crippen molar-refractivity contribution in [1.82, 2.24) is 10.2 Å². The third-order valence-corrected chi connectivity index (χ3v) is 4.95. The molecule has 6 nitrogen and oxygen atoms in total. The largest absolute Gasteiger partial charge is 0.457 e. The van der Waals surface area contributed by atoms with E-state index < -0.39 is 0 Å². The van der Waals surface area contributed by atoms with Crippen LogP contribution in [0.5, 0.6) is 0 Å². The van der Waals surface area contributed by atoms with E-state index in [9.17, 15) is 14.4 Å². The maximum atomic E-state index is 13.1. The number of hydrogen-bond donors (Lipinski definition) is 1. The lowest BCUT2D eigenvalue weighted by Gasteiger charge is -1.99. The Kier molecular flexibility index (Phi) is 5.46. The Hall–Kier alpha value is -4.09. The first kappa shape index (κ1) is 19.2. The van der Waals surface area contributed by atoms with Crippen molar-refractivity contribution in [3.8, 4) is 17.4 Å². The van der Waals surface area contributed by atoms with E-state index in [2.05, 4.69) is 21.6 Å². The molecule has 0 aliphatic carbocycles. The van der Waals surface area contributed by atoms with Crippen molar-refractivity contribution in [2.45, 2.75) is 0 Å². The Labute approximate surface area is 174 Å². The molecule has 0 saturated heterocycles. The highest BCUT2D eigenvalue weighted by molar-refractivity contribution is 7.16. The SMILES string of the molecule is N#C/C(=C/c1ccc(-c2ccc(F)cc2)o1)c1nnc(NC(=O)c2ccccc2)s1. The van der Waals surface area contributed by atoms with Gasteiger partial charge in [-0.25, -0.2) is 4.39 Å². The summed E-state index contributed by atoms with van der Waals surface area (Å²) in [5.74, 6) is 0.349. The Morgan fingerprint density at radius 3 is 2.57 bits per heavy atom. The zero-order chi connectivity index (χ0) is 20.9. The van der Waals surface area contributed by atoms with Gasteiger partial charge in [-0.3, -0.25) is 10.1 Å². The van der Waals surface area contributed by atoms with Crippen LogP contribution in [0.15, 0.2) is 71.1 Å². The van der Waals surface area contributed by atoms with Crippen molar-refractivity contribution in [2.24, 2.45) is 0 Å². The zero-order valence-corrected chi connectivity index (χ0v) is 16.2. The fourth-order valence-corrected chi connectivity index (χ4v) is 3.33. The third-order valence-electron chi connectivity index (χ3n) is 4.07. The van der Waals surface area contributed by atoms with Crippen molar-refractivity contribution >= 4 is 34.0 Å². The van der Waals surface area contributed by atoms with E-state index in [-0.39, 0.29) is 22.4 Å². The number of nitrogens with one attached hydrogen (secondary N) is 1. The highest BCUT2D eigenvalue weighted by Gasteiger charge is 2.13. The molecule has 0 aliphatic rings. The van der Waals surface area contributed by atoms with Gasteiger partial charge >= 0.3 is 0 Å². The molecule has 2 aromatic heterocycles. The van der Waals surface area contributed by atoms with Gasteiger partial charge in [0.15, 0.2) is 5.01 Å². The maximum absolute atomic E-state index is 13.1. The topological polar surface area (TPSA) is 91.8 Å². The Bertz CT molecular complexity index is 1250. The molecule has 0 spiro atoms. The predicted molar refractivity (Wildman–Crippen MR) is 112 cm³/mol. The molecule has 2 heterocycles. The summed E-state index contributed by atoms with van der Waals surface area (Å²) >= 11 is 1.08. The molecule has 0 atom stereocenters. The van der Waals surface area contributed by atoms with E-state index >= 15 is 0 Å². The van der Waals surface area contributed by atoms with Gasteiger partial charge in [-0.15, -0.1) is 10.2 Å². The minimum atomic E-state index is -0.330. The van der Waals surface area contributed by atoms with Crippen LogP contribution in [-0.2, 0) is 0 Å². The van der Waals surface area contributed by atoms with Gasteiger partial charge < -0.3 is 4.42 Å². The number of furan rings is 1. The quantitative estimate of drug-likeness (QED) is 0.449. The summed E-state index contributed by atoms with van der Waals surface area (Å²) < 4.78 is 18.8. The monoisotopic (exact) mass is 416 g/mol. The number of anilines is 1. The smallest absolute Gasteiger partial charge is 0.257 e. The van der Waals surface area contributed by atoms with E-state index in [0.717, 1.165) is 16.9 Å². The number of benzene rings is 2. The summed E-state index contributed by atoms with van der Waals surface area (Å²) in [6, 6.07) is 20.1. The average Bonchev–Trinajstić information content (AvgIpc) is 3.43. The summed E-state index contributed by atoms with van der Waals surface area (Å²) in [7, 11) is 0. The molecule has 4 rings (SSSR count). The van der Waals surface area contributed by atoms with Crippen molar-refractivity contribution < 1.29 is 13.6 Å². The normalized spacial score (nSPS) is 11.1. The van der Waals surface area contributed by atoms with Crippen LogP contribution >= 0.6 is 11.3 Å². The van der Waals surface area contributed by atoms with Crippen molar-refractivity contribution in [3.63, 3.8) is 0 Å². The maximum Gasteiger partial charge on any atom is 0.257 e. The first-order chi connectivity index (χ1) is 14.6. The van der Waals surface area contributed by atoms with Crippen molar-refractivity contribution in [3.05, 3.63) is 88.9 Å². The number of carbonyl (C=O) groups excluding carboxylic acids is 1. The molecule has 146 valence electrons. The van der Waals surface area contributed by atoms with Gasteiger partial charge in [0.1, 0.15) is 23.4 Å². The second-order valence-corrected chi connectivity index (χ2v) is 7.09. The fourth-order valence-electron chi connectivity index (χ4n) is 2.63. The van der Waals surface area contributed by atoms with Crippen LogP contribution in [0.1, 0.15) is 21.1 Å². The van der Waals surface area contributed by atoms with E-state index in [4.69, 9.17) is 4.42 Å². The molecule has 0 aliphatic heterocycles. The number of amides is 1. The second kappa shape index (κ2) is 8.51. The molecular formula is C22H13FN4O2S. The first-order valence-electron chi connectivity index (χ1n) is 8.80. The number of rotatable bonds is 5. The molecule has 0 saturated carbocycles. The lowest BCUT2D eigenvalue weighted by molar-refractivity contribution is 0.102. The molecule has 1 amide bonds. The first-order valence-corrected chi connectivity index (χ1v) is 9.62. The number of nitriles is 1. The van der Waals surface area contributed by atoms with Crippen molar-refractivity contribution in [2.75, 3.05) is 5.32 Å². The van der Waals surface area contributed by atoms with E-state index in [1.165, 1.54) is 18.2 Å². The number of carbonyl (C=O) groups is 1. The lowest BCUT2D eigenvalue weighted by Crippen LogP contribution is -2.11. The molecule has 30 heavy (non-hydrogen) atoms. The van der Waals surface area contributed by atoms with Crippen LogP contribution < -0.4 is 5.32 Å². The zero-order valence-electron chi connectivity index (χ0n) is 15.4. The minimum absolute atomic E-state index is 0.243. The van der Waals surface area contributed by atoms with Gasteiger partial charge in [0.2, 0.25) is 5.13 Å². The molecule has 0 unspecified atom stereocenters. The molecule has 0 fully saturated rings. The molecule has 1 N–H and O–H groups in total. The average molecular weight is 416 g/mol. The summed E-state index contributed by atoms with van der Waals surface area (Å²) in [5.41, 5.74) is 1.46. The number of nitrogens with zero attached hydrogens (tertiary/aromatic N) is 3. The number of hydrogen-bond acceptors (Lipinski definition) is 6. The van der Waals surface area contributed by atoms with Crippen LogP contribution in [0, 0.1) is 17.1 Å². The van der Waals surface area contributed by atoms with Gasteiger partial charge in [0.05, 0.1) is 5.57 Å². The van der Waals surface area contributed by atoms with E-state index in [0.29, 0.717) is 22.1 Å². The Morgan fingerprint density at radius 1 is 1.07 bits per heavy atom. The van der Waals surface area contributed by atoms with Crippen molar-refractivity contribution in [1.29, 1.82) is 5.26 Å².